The van der Waals surface area contributed by atoms with E-state index in [1.807, 2.05) is 0 Å². The highest BCUT2D eigenvalue weighted by Gasteiger charge is 2.32. The number of thiocarbonyl (C=S) groups is 1. The topological polar surface area (TPSA) is 105 Å². The first-order chi connectivity index (χ1) is 14.3. The van der Waals surface area contributed by atoms with Crippen LogP contribution in [0.5, 0.6) is 5.75 Å². The monoisotopic (exact) mass is 508 g/mol. The molecule has 2 aromatic rings. The van der Waals surface area contributed by atoms with Crippen LogP contribution in [0.25, 0.3) is 0 Å². The van der Waals surface area contributed by atoms with Crippen LogP contribution in [0.2, 0.25) is 5.02 Å². The number of hydrogen-bond donors (Lipinski definition) is 4. The van der Waals surface area contributed by atoms with Crippen LogP contribution >= 0.6 is 39.7 Å². The van der Waals surface area contributed by atoms with Crippen LogP contribution in [0, 0.1) is 0 Å². The van der Waals surface area contributed by atoms with E-state index >= 15 is 0 Å². The third-order valence-electron chi connectivity index (χ3n) is 4.29. The second kappa shape index (κ2) is 9.46. The van der Waals surface area contributed by atoms with E-state index < -0.39 is 11.9 Å². The zero-order valence-corrected chi connectivity index (χ0v) is 19.0. The quantitative estimate of drug-likeness (QED) is 0.445. The predicted octanol–water partition coefficient (Wildman–Crippen LogP) is 3.40. The molecule has 3 rings (SSSR count). The van der Waals surface area contributed by atoms with Gasteiger partial charge in [0.2, 0.25) is 0 Å². The Hall–Kier alpha value is -2.62. The maximum Gasteiger partial charge on any atom is 0.255 e. The van der Waals surface area contributed by atoms with E-state index in [9.17, 15) is 9.59 Å². The van der Waals surface area contributed by atoms with Crippen molar-refractivity contribution in [1.82, 2.24) is 10.6 Å². The van der Waals surface area contributed by atoms with Gasteiger partial charge in [-0.2, -0.15) is 0 Å². The minimum Gasteiger partial charge on any atom is -0.483 e. The van der Waals surface area contributed by atoms with Gasteiger partial charge < -0.3 is 26.4 Å². The number of hydrogen-bond acceptors (Lipinski definition) is 4. The van der Waals surface area contributed by atoms with E-state index in [0.29, 0.717) is 38.4 Å². The summed E-state index contributed by atoms with van der Waals surface area (Å²) in [5.41, 5.74) is 7.28. The lowest BCUT2D eigenvalue weighted by molar-refractivity contribution is -0.120. The molecular formula is C20H18BrClN4O3S. The largest absolute Gasteiger partial charge is 0.483 e. The first-order valence-electron chi connectivity index (χ1n) is 8.81. The lowest BCUT2D eigenvalue weighted by Crippen LogP contribution is -2.46. The summed E-state index contributed by atoms with van der Waals surface area (Å²) in [5.74, 6) is -0.579. The maximum atomic E-state index is 13.2. The predicted molar refractivity (Wildman–Crippen MR) is 123 cm³/mol. The van der Waals surface area contributed by atoms with Gasteiger partial charge in [-0.1, -0.05) is 39.7 Å². The standard InChI is InChI=1S/C20H18BrClN4O3S/c1-10-17(19(28)25-14-5-3-2-4-13(14)22)18(26-20(30)24-10)12-8-11(21)6-7-15(12)29-9-16(23)27/h2-8,18H,9H2,1H3,(H2,23,27)(H,25,28)(H2,24,26,30)/t18-/m1/s1. The molecule has 0 radical (unpaired) electrons. The summed E-state index contributed by atoms with van der Waals surface area (Å²) in [4.78, 5) is 24.4. The normalized spacial score (nSPS) is 15.8. The molecule has 0 unspecified atom stereocenters. The van der Waals surface area contributed by atoms with Crippen molar-refractivity contribution in [2.75, 3.05) is 11.9 Å². The van der Waals surface area contributed by atoms with Gasteiger partial charge in [0, 0.05) is 15.7 Å². The van der Waals surface area contributed by atoms with Gasteiger partial charge in [-0.05, 0) is 49.5 Å². The third-order valence-corrected chi connectivity index (χ3v) is 5.33. The number of benzene rings is 2. The molecule has 1 heterocycles. The molecule has 10 heteroatoms. The Balaban J connectivity index is 2.02. The van der Waals surface area contributed by atoms with Gasteiger partial charge in [0.1, 0.15) is 5.75 Å². The van der Waals surface area contributed by atoms with Crippen LogP contribution in [-0.2, 0) is 9.59 Å². The molecule has 7 nitrogen and oxygen atoms in total. The summed E-state index contributed by atoms with van der Waals surface area (Å²) in [5, 5.41) is 9.68. The Morgan fingerprint density at radius 1 is 1.30 bits per heavy atom. The minimum atomic E-state index is -0.637. The van der Waals surface area contributed by atoms with Gasteiger partial charge in [0.25, 0.3) is 11.8 Å². The zero-order chi connectivity index (χ0) is 21.8. The smallest absolute Gasteiger partial charge is 0.255 e. The molecule has 0 aliphatic carbocycles. The van der Waals surface area contributed by atoms with Crippen LogP contribution in [0.1, 0.15) is 18.5 Å². The molecule has 0 bridgehead atoms. The van der Waals surface area contributed by atoms with Crippen molar-refractivity contribution >= 4 is 62.4 Å². The molecule has 0 fully saturated rings. The van der Waals surface area contributed by atoms with Gasteiger partial charge in [0.05, 0.1) is 22.3 Å². The fourth-order valence-corrected chi connectivity index (χ4v) is 3.84. The number of halogens is 2. The maximum absolute atomic E-state index is 13.2. The number of para-hydroxylation sites is 1. The van der Waals surface area contributed by atoms with Gasteiger partial charge in [0.15, 0.2) is 11.7 Å². The number of carbonyl (C=O) groups is 2. The number of nitrogens with two attached hydrogens (primary N) is 1. The number of anilines is 1. The van der Waals surface area contributed by atoms with Crippen molar-refractivity contribution in [2.45, 2.75) is 13.0 Å². The second-order valence-electron chi connectivity index (χ2n) is 6.44. The lowest BCUT2D eigenvalue weighted by Gasteiger charge is -2.31. The van der Waals surface area contributed by atoms with Crippen molar-refractivity contribution < 1.29 is 14.3 Å². The Labute approximate surface area is 192 Å². The molecule has 2 aromatic carbocycles. The molecule has 2 amide bonds. The summed E-state index contributed by atoms with van der Waals surface area (Å²) in [6.45, 7) is 1.46. The SMILES string of the molecule is CC1=C(C(=O)Nc2ccccc2Cl)[C@@H](c2cc(Br)ccc2OCC(N)=O)NC(=S)N1. The lowest BCUT2D eigenvalue weighted by atomic mass is 9.94. The Kier molecular flexibility index (Phi) is 6.96. The van der Waals surface area contributed by atoms with E-state index in [-0.39, 0.29) is 12.5 Å². The van der Waals surface area contributed by atoms with Crippen LogP contribution in [0.15, 0.2) is 58.2 Å². The highest BCUT2D eigenvalue weighted by Crippen LogP contribution is 2.36. The fourth-order valence-electron chi connectivity index (χ4n) is 3.01. The number of primary amides is 1. The molecule has 30 heavy (non-hydrogen) atoms. The highest BCUT2D eigenvalue weighted by molar-refractivity contribution is 9.10. The van der Waals surface area contributed by atoms with Crippen LogP contribution in [-0.4, -0.2) is 23.5 Å². The molecule has 0 saturated heterocycles. The molecule has 156 valence electrons. The van der Waals surface area contributed by atoms with Crippen molar-refractivity contribution in [3.05, 3.63) is 68.8 Å². The zero-order valence-electron chi connectivity index (χ0n) is 15.8. The Morgan fingerprint density at radius 3 is 2.73 bits per heavy atom. The van der Waals surface area contributed by atoms with Crippen molar-refractivity contribution in [2.24, 2.45) is 5.73 Å². The van der Waals surface area contributed by atoms with E-state index in [2.05, 4.69) is 31.9 Å². The molecule has 0 saturated carbocycles. The summed E-state index contributed by atoms with van der Waals surface area (Å²) >= 11 is 14.9. The molecule has 1 atom stereocenters. The number of rotatable bonds is 6. The fraction of sp³-hybridized carbons (Fsp3) is 0.150. The second-order valence-corrected chi connectivity index (χ2v) is 8.17. The molecular weight excluding hydrogens is 492 g/mol. The number of amides is 2. The molecule has 5 N–H and O–H groups in total. The van der Waals surface area contributed by atoms with Crippen LogP contribution in [0.4, 0.5) is 5.69 Å². The number of carbonyl (C=O) groups excluding carboxylic acids is 2. The van der Waals surface area contributed by atoms with Gasteiger partial charge in [-0.15, -0.1) is 0 Å². The van der Waals surface area contributed by atoms with Gasteiger partial charge >= 0.3 is 0 Å². The van der Waals surface area contributed by atoms with E-state index in [1.165, 1.54) is 0 Å². The molecule has 0 spiro atoms. The third kappa shape index (κ3) is 5.10. The minimum absolute atomic E-state index is 0.298. The average molecular weight is 510 g/mol. The number of nitrogens with one attached hydrogen (secondary N) is 3. The van der Waals surface area contributed by atoms with E-state index in [0.717, 1.165) is 4.47 Å². The van der Waals surface area contributed by atoms with Gasteiger partial charge in [-0.25, -0.2) is 0 Å². The van der Waals surface area contributed by atoms with Gasteiger partial charge in [-0.3, -0.25) is 9.59 Å². The molecule has 1 aliphatic heterocycles. The average Bonchev–Trinajstić information content (AvgIpc) is 2.68. The number of ether oxygens (including phenoxy) is 1. The summed E-state index contributed by atoms with van der Waals surface area (Å²) < 4.78 is 6.33. The summed E-state index contributed by atoms with van der Waals surface area (Å²) in [7, 11) is 0. The first kappa shape index (κ1) is 22.1. The molecule has 0 aromatic heterocycles. The van der Waals surface area contributed by atoms with Crippen molar-refractivity contribution in [1.29, 1.82) is 0 Å². The van der Waals surface area contributed by atoms with Crippen molar-refractivity contribution in [3.63, 3.8) is 0 Å². The van der Waals surface area contributed by atoms with Crippen LogP contribution in [0.3, 0.4) is 0 Å². The Morgan fingerprint density at radius 2 is 2.03 bits per heavy atom. The Bertz CT molecular complexity index is 1060. The summed E-state index contributed by atoms with van der Waals surface area (Å²) in [6.07, 6.45) is 0. The van der Waals surface area contributed by atoms with Crippen LogP contribution < -0.4 is 26.4 Å². The van der Waals surface area contributed by atoms with E-state index in [4.69, 9.17) is 34.3 Å². The van der Waals surface area contributed by atoms with E-state index in [1.54, 1.807) is 49.4 Å². The highest BCUT2D eigenvalue weighted by atomic mass is 79.9. The van der Waals surface area contributed by atoms with Crippen molar-refractivity contribution in [3.8, 4) is 5.75 Å². The first-order valence-corrected chi connectivity index (χ1v) is 10.4. The summed E-state index contributed by atoms with van der Waals surface area (Å²) in [6, 6.07) is 11.5. The number of allylic oxidation sites excluding steroid dienone is 1. The molecule has 1 aliphatic rings.